The molecule has 2 aromatic rings. The second kappa shape index (κ2) is 4.40. The van der Waals surface area contributed by atoms with Crippen molar-refractivity contribution in [3.8, 4) is 0 Å². The second-order valence-corrected chi connectivity index (χ2v) is 5.49. The van der Waals surface area contributed by atoms with Crippen LogP contribution in [0.15, 0.2) is 30.3 Å². The third kappa shape index (κ3) is 2.18. The Morgan fingerprint density at radius 1 is 1.12 bits per heavy atom. The smallest absolute Gasteiger partial charge is 0.113 e. The third-order valence-corrected chi connectivity index (χ3v) is 4.02. The zero-order valence-corrected chi connectivity index (χ0v) is 10.6. The van der Waals surface area contributed by atoms with Gasteiger partial charge in [0.25, 0.3) is 0 Å². The fourth-order valence-electron chi connectivity index (χ4n) is 1.74. The molecular weight excluding hydrogens is 216 g/mol. The van der Waals surface area contributed by atoms with E-state index in [1.165, 1.54) is 16.0 Å². The normalized spacial score (nSPS) is 12.8. The van der Waals surface area contributed by atoms with Gasteiger partial charge in [-0.05, 0) is 38.0 Å². The van der Waals surface area contributed by atoms with E-state index in [2.05, 4.69) is 19.9 Å². The van der Waals surface area contributed by atoms with Crippen LogP contribution < -0.4 is 0 Å². The van der Waals surface area contributed by atoms with E-state index in [1.54, 1.807) is 11.3 Å². The SMILES string of the molecule is Cc1cccc(C(O)c2cc(C)c(C)s2)c1. The zero-order chi connectivity index (χ0) is 11.7. The molecule has 0 fully saturated rings. The van der Waals surface area contributed by atoms with Crippen molar-refractivity contribution in [3.05, 3.63) is 56.8 Å². The molecule has 0 saturated carbocycles. The van der Waals surface area contributed by atoms with Crippen molar-refractivity contribution < 1.29 is 5.11 Å². The first-order chi connectivity index (χ1) is 7.58. The lowest BCUT2D eigenvalue weighted by Gasteiger charge is -2.09. The van der Waals surface area contributed by atoms with E-state index in [4.69, 9.17) is 0 Å². The lowest BCUT2D eigenvalue weighted by molar-refractivity contribution is 0.224. The van der Waals surface area contributed by atoms with Crippen LogP contribution in [0.3, 0.4) is 0 Å². The van der Waals surface area contributed by atoms with Crippen LogP contribution in [-0.2, 0) is 0 Å². The Balaban J connectivity index is 2.35. The summed E-state index contributed by atoms with van der Waals surface area (Å²) >= 11 is 1.67. The van der Waals surface area contributed by atoms with Crippen molar-refractivity contribution in [2.24, 2.45) is 0 Å². The summed E-state index contributed by atoms with van der Waals surface area (Å²) in [6.07, 6.45) is -0.489. The Labute approximate surface area is 100 Å². The maximum atomic E-state index is 10.3. The minimum absolute atomic E-state index is 0.489. The summed E-state index contributed by atoms with van der Waals surface area (Å²) in [5, 5.41) is 10.3. The largest absolute Gasteiger partial charge is 0.383 e. The number of aliphatic hydroxyl groups excluding tert-OH is 1. The molecule has 1 atom stereocenters. The van der Waals surface area contributed by atoms with Gasteiger partial charge in [-0.1, -0.05) is 29.8 Å². The Bertz CT molecular complexity index is 480. The molecule has 1 aromatic carbocycles. The van der Waals surface area contributed by atoms with Gasteiger partial charge in [-0.3, -0.25) is 0 Å². The van der Waals surface area contributed by atoms with Crippen molar-refractivity contribution in [1.29, 1.82) is 0 Å². The Kier molecular flexibility index (Phi) is 3.13. The molecule has 0 radical (unpaired) electrons. The van der Waals surface area contributed by atoms with E-state index in [9.17, 15) is 5.11 Å². The van der Waals surface area contributed by atoms with Gasteiger partial charge in [-0.15, -0.1) is 11.3 Å². The van der Waals surface area contributed by atoms with E-state index < -0.39 is 6.10 Å². The summed E-state index contributed by atoms with van der Waals surface area (Å²) < 4.78 is 0. The number of hydrogen-bond donors (Lipinski definition) is 1. The third-order valence-electron chi connectivity index (χ3n) is 2.81. The van der Waals surface area contributed by atoms with Crippen LogP contribution in [0.2, 0.25) is 0 Å². The molecule has 0 spiro atoms. The van der Waals surface area contributed by atoms with Gasteiger partial charge >= 0.3 is 0 Å². The van der Waals surface area contributed by atoms with Crippen LogP contribution in [-0.4, -0.2) is 5.11 Å². The predicted molar refractivity (Wildman–Crippen MR) is 69.0 cm³/mol. The summed E-state index contributed by atoms with van der Waals surface area (Å²) in [6, 6.07) is 10.1. The summed E-state index contributed by atoms with van der Waals surface area (Å²) in [4.78, 5) is 2.31. The molecule has 0 amide bonds. The minimum atomic E-state index is -0.489. The number of aryl methyl sites for hydroxylation is 3. The molecule has 84 valence electrons. The van der Waals surface area contributed by atoms with Gasteiger partial charge in [0.05, 0.1) is 0 Å². The molecule has 1 unspecified atom stereocenters. The summed E-state index contributed by atoms with van der Waals surface area (Å²) in [5.41, 5.74) is 3.41. The van der Waals surface area contributed by atoms with Crippen molar-refractivity contribution in [3.63, 3.8) is 0 Å². The molecular formula is C14H16OS. The average molecular weight is 232 g/mol. The highest BCUT2D eigenvalue weighted by molar-refractivity contribution is 7.12. The van der Waals surface area contributed by atoms with Gasteiger partial charge in [-0.2, -0.15) is 0 Å². The van der Waals surface area contributed by atoms with E-state index in [1.807, 2.05) is 31.2 Å². The lowest BCUT2D eigenvalue weighted by Crippen LogP contribution is -1.96. The quantitative estimate of drug-likeness (QED) is 0.836. The molecule has 2 rings (SSSR count). The molecule has 0 saturated heterocycles. The first kappa shape index (κ1) is 11.4. The number of hydrogen-bond acceptors (Lipinski definition) is 2. The van der Waals surface area contributed by atoms with Crippen LogP contribution in [0, 0.1) is 20.8 Å². The Hall–Kier alpha value is -1.12. The standard InChI is InChI=1S/C14H16OS/c1-9-5-4-6-12(7-9)14(15)13-8-10(2)11(3)16-13/h4-8,14-15H,1-3H3. The van der Waals surface area contributed by atoms with E-state index in [0.717, 1.165) is 10.4 Å². The number of rotatable bonds is 2. The number of aliphatic hydroxyl groups is 1. The minimum Gasteiger partial charge on any atom is -0.383 e. The van der Waals surface area contributed by atoms with E-state index >= 15 is 0 Å². The molecule has 1 heterocycles. The highest BCUT2D eigenvalue weighted by Gasteiger charge is 2.13. The molecule has 1 N–H and O–H groups in total. The fraction of sp³-hybridized carbons (Fsp3) is 0.286. The monoisotopic (exact) mass is 232 g/mol. The average Bonchev–Trinajstić information content (AvgIpc) is 2.58. The molecule has 0 aliphatic rings. The maximum Gasteiger partial charge on any atom is 0.113 e. The van der Waals surface area contributed by atoms with Crippen LogP contribution in [0.4, 0.5) is 0 Å². The lowest BCUT2D eigenvalue weighted by atomic mass is 10.1. The predicted octanol–water partition coefficient (Wildman–Crippen LogP) is 3.76. The van der Waals surface area contributed by atoms with Crippen molar-refractivity contribution in [2.75, 3.05) is 0 Å². The first-order valence-electron chi connectivity index (χ1n) is 5.39. The first-order valence-corrected chi connectivity index (χ1v) is 6.21. The maximum absolute atomic E-state index is 10.3. The molecule has 0 bridgehead atoms. The van der Waals surface area contributed by atoms with Crippen molar-refractivity contribution >= 4 is 11.3 Å². The molecule has 1 aromatic heterocycles. The molecule has 2 heteroatoms. The fourth-order valence-corrected chi connectivity index (χ4v) is 2.80. The van der Waals surface area contributed by atoms with Crippen LogP contribution in [0.1, 0.15) is 32.5 Å². The Morgan fingerprint density at radius 3 is 2.44 bits per heavy atom. The van der Waals surface area contributed by atoms with Gasteiger partial charge in [0.15, 0.2) is 0 Å². The molecule has 1 nitrogen and oxygen atoms in total. The summed E-state index contributed by atoms with van der Waals surface area (Å²) in [6.45, 7) is 6.21. The Morgan fingerprint density at radius 2 is 1.88 bits per heavy atom. The number of thiophene rings is 1. The van der Waals surface area contributed by atoms with E-state index in [-0.39, 0.29) is 0 Å². The van der Waals surface area contributed by atoms with Gasteiger partial charge in [0.1, 0.15) is 6.10 Å². The molecule has 0 aliphatic heterocycles. The van der Waals surface area contributed by atoms with E-state index in [0.29, 0.717) is 0 Å². The van der Waals surface area contributed by atoms with Gasteiger partial charge in [-0.25, -0.2) is 0 Å². The van der Waals surface area contributed by atoms with Gasteiger partial charge in [0.2, 0.25) is 0 Å². The highest BCUT2D eigenvalue weighted by Crippen LogP contribution is 2.30. The van der Waals surface area contributed by atoms with Crippen molar-refractivity contribution in [1.82, 2.24) is 0 Å². The summed E-state index contributed by atoms with van der Waals surface area (Å²) in [7, 11) is 0. The highest BCUT2D eigenvalue weighted by atomic mass is 32.1. The van der Waals surface area contributed by atoms with Gasteiger partial charge in [0, 0.05) is 9.75 Å². The zero-order valence-electron chi connectivity index (χ0n) is 9.82. The topological polar surface area (TPSA) is 20.2 Å². The van der Waals surface area contributed by atoms with Gasteiger partial charge < -0.3 is 5.11 Å². The van der Waals surface area contributed by atoms with Crippen LogP contribution in [0.25, 0.3) is 0 Å². The second-order valence-electron chi connectivity index (χ2n) is 4.20. The summed E-state index contributed by atoms with van der Waals surface area (Å²) in [5.74, 6) is 0. The molecule has 0 aliphatic carbocycles. The molecule has 16 heavy (non-hydrogen) atoms. The van der Waals surface area contributed by atoms with Crippen LogP contribution >= 0.6 is 11.3 Å². The van der Waals surface area contributed by atoms with Crippen molar-refractivity contribution in [2.45, 2.75) is 26.9 Å². The number of benzene rings is 1. The van der Waals surface area contributed by atoms with Crippen LogP contribution in [0.5, 0.6) is 0 Å².